The molecule has 1 atom stereocenters. The largest absolute Gasteiger partial charge is 0.456 e. The summed E-state index contributed by atoms with van der Waals surface area (Å²) in [5.41, 5.74) is 0. The van der Waals surface area contributed by atoms with Crippen molar-refractivity contribution < 1.29 is 13.6 Å². The summed E-state index contributed by atoms with van der Waals surface area (Å²) in [5, 5.41) is 0. The molecule has 3 nitrogen and oxygen atoms in total. The van der Waals surface area contributed by atoms with Crippen LogP contribution in [0, 0.1) is 0 Å². The van der Waals surface area contributed by atoms with Crippen molar-refractivity contribution in [2.75, 3.05) is 19.9 Å². The third-order valence-corrected chi connectivity index (χ3v) is 8.32. The van der Waals surface area contributed by atoms with Gasteiger partial charge in [0.25, 0.3) is 0 Å². The van der Waals surface area contributed by atoms with Crippen molar-refractivity contribution in [3.63, 3.8) is 0 Å². The fourth-order valence-corrected chi connectivity index (χ4v) is 5.94. The van der Waals surface area contributed by atoms with Gasteiger partial charge in [-0.2, -0.15) is 9.05 Å². The zero-order valence-corrected chi connectivity index (χ0v) is 21.7. The molecule has 1 aromatic carbocycles. The van der Waals surface area contributed by atoms with E-state index in [-0.39, 0.29) is 0 Å². The lowest BCUT2D eigenvalue weighted by molar-refractivity contribution is 0.204. The summed E-state index contributed by atoms with van der Waals surface area (Å²) in [7, 11) is -0.576. The number of para-hydroxylation sites is 1. The van der Waals surface area contributed by atoms with Crippen molar-refractivity contribution >= 4 is 7.94 Å². The normalized spacial score (nSPS) is 13.3. The van der Waals surface area contributed by atoms with Gasteiger partial charge in [-0.3, -0.25) is 4.52 Å². The summed E-state index contributed by atoms with van der Waals surface area (Å²) >= 11 is 0. The van der Waals surface area contributed by atoms with Gasteiger partial charge in [0.05, 0.1) is 13.7 Å². The summed E-state index contributed by atoms with van der Waals surface area (Å²) in [6.07, 6.45) is 21.7. The van der Waals surface area contributed by atoms with Gasteiger partial charge < -0.3 is 0 Å². The molecular formula is C27H50O3P+. The molecule has 0 aliphatic heterocycles. The fraction of sp³-hybridized carbons (Fsp3) is 0.778. The van der Waals surface area contributed by atoms with Gasteiger partial charge in [-0.15, -0.1) is 0 Å². The van der Waals surface area contributed by atoms with Crippen LogP contribution in [0.3, 0.4) is 0 Å². The van der Waals surface area contributed by atoms with E-state index >= 15 is 0 Å². The minimum atomic E-state index is -2.34. The molecule has 0 N–H and O–H groups in total. The highest BCUT2D eigenvalue weighted by molar-refractivity contribution is 7.61. The van der Waals surface area contributed by atoms with Crippen molar-refractivity contribution in [1.29, 1.82) is 0 Å². The lowest BCUT2D eigenvalue weighted by Gasteiger charge is -2.21. The Balaban J connectivity index is 2.37. The fourth-order valence-electron chi connectivity index (χ4n) is 3.84. The van der Waals surface area contributed by atoms with Gasteiger partial charge in [0, 0.05) is 0 Å². The lowest BCUT2D eigenvalue weighted by atomic mass is 10.1. The average Bonchev–Trinajstić information content (AvgIpc) is 2.80. The highest BCUT2D eigenvalue weighted by atomic mass is 31.2. The molecule has 0 amide bonds. The molecular weight excluding hydrogens is 403 g/mol. The lowest BCUT2D eigenvalue weighted by Crippen LogP contribution is -2.13. The summed E-state index contributed by atoms with van der Waals surface area (Å²) in [5.74, 6) is 0.855. The molecule has 0 aliphatic carbocycles. The second-order valence-corrected chi connectivity index (χ2v) is 11.2. The first-order chi connectivity index (χ1) is 15.3. The second-order valence-electron chi connectivity index (χ2n) is 8.70. The van der Waals surface area contributed by atoms with Crippen LogP contribution in [-0.2, 0) is 9.05 Å². The Morgan fingerprint density at radius 3 is 1.61 bits per heavy atom. The Hall–Kier alpha value is -0.630. The Morgan fingerprint density at radius 2 is 1.10 bits per heavy atom. The standard InChI is InChI=1S/C27H50O3P/c1-4-6-8-10-12-14-16-21-25-29-31(28-3,30-27-23-19-18-20-24-27)26-22-17-15-13-11-9-7-5-2/h18-20,23-24H,4-17,21-22,25-26H2,1-3H3/q+1. The third-order valence-electron chi connectivity index (χ3n) is 5.84. The zero-order valence-electron chi connectivity index (χ0n) is 20.8. The van der Waals surface area contributed by atoms with Crippen LogP contribution in [0.15, 0.2) is 30.3 Å². The molecule has 31 heavy (non-hydrogen) atoms. The van der Waals surface area contributed by atoms with E-state index in [4.69, 9.17) is 13.6 Å². The van der Waals surface area contributed by atoms with Gasteiger partial charge in [-0.05, 0) is 31.4 Å². The van der Waals surface area contributed by atoms with E-state index in [1.54, 1.807) is 7.11 Å². The van der Waals surface area contributed by atoms with Crippen LogP contribution in [0.25, 0.3) is 0 Å². The highest BCUT2D eigenvalue weighted by Gasteiger charge is 2.44. The monoisotopic (exact) mass is 453 g/mol. The Morgan fingerprint density at radius 1 is 0.613 bits per heavy atom. The van der Waals surface area contributed by atoms with Gasteiger partial charge in [0.15, 0.2) is 5.75 Å². The van der Waals surface area contributed by atoms with Crippen molar-refractivity contribution in [1.82, 2.24) is 0 Å². The van der Waals surface area contributed by atoms with Gasteiger partial charge in [0.1, 0.15) is 6.16 Å². The van der Waals surface area contributed by atoms with Crippen LogP contribution in [0.1, 0.15) is 117 Å². The molecule has 0 radical (unpaired) electrons. The Labute approximate surface area is 194 Å². The molecule has 180 valence electrons. The maximum atomic E-state index is 6.35. The highest BCUT2D eigenvalue weighted by Crippen LogP contribution is 2.61. The van der Waals surface area contributed by atoms with Gasteiger partial charge >= 0.3 is 7.94 Å². The predicted molar refractivity (Wildman–Crippen MR) is 137 cm³/mol. The molecule has 0 aliphatic rings. The Kier molecular flexibility index (Phi) is 18.3. The first kappa shape index (κ1) is 28.4. The van der Waals surface area contributed by atoms with Crippen molar-refractivity contribution in [2.24, 2.45) is 0 Å². The van der Waals surface area contributed by atoms with Gasteiger partial charge in [-0.25, -0.2) is 0 Å². The van der Waals surface area contributed by atoms with E-state index in [0.717, 1.165) is 31.4 Å². The molecule has 1 aromatic rings. The minimum absolute atomic E-state index is 0.737. The van der Waals surface area contributed by atoms with Crippen LogP contribution < -0.4 is 4.52 Å². The number of hydrogen-bond donors (Lipinski definition) is 0. The first-order valence-corrected chi connectivity index (χ1v) is 14.8. The predicted octanol–water partition coefficient (Wildman–Crippen LogP) is 9.77. The summed E-state index contributed by atoms with van der Waals surface area (Å²) in [6, 6.07) is 10.0. The number of benzene rings is 1. The SMILES string of the molecule is CCCCCCCCCCO[P+](CCCCCCCCCC)(OC)Oc1ccccc1. The molecule has 0 spiro atoms. The van der Waals surface area contributed by atoms with E-state index in [9.17, 15) is 0 Å². The molecule has 4 heteroatoms. The number of unbranched alkanes of at least 4 members (excludes halogenated alkanes) is 14. The molecule has 0 saturated heterocycles. The molecule has 0 aromatic heterocycles. The van der Waals surface area contributed by atoms with Gasteiger partial charge in [0.2, 0.25) is 0 Å². The van der Waals surface area contributed by atoms with E-state index < -0.39 is 7.94 Å². The molecule has 1 rings (SSSR count). The van der Waals surface area contributed by atoms with Crippen LogP contribution in [0.5, 0.6) is 5.75 Å². The smallest absolute Gasteiger partial charge is 0.287 e. The van der Waals surface area contributed by atoms with E-state index in [1.807, 2.05) is 30.3 Å². The molecule has 0 saturated carbocycles. The quantitative estimate of drug-likeness (QED) is 0.129. The van der Waals surface area contributed by atoms with E-state index in [2.05, 4.69) is 13.8 Å². The number of hydrogen-bond acceptors (Lipinski definition) is 3. The van der Waals surface area contributed by atoms with E-state index in [0.29, 0.717) is 0 Å². The summed E-state index contributed by atoms with van der Waals surface area (Å²) in [6.45, 7) is 5.28. The average molecular weight is 454 g/mol. The second kappa shape index (κ2) is 20.0. The van der Waals surface area contributed by atoms with Crippen molar-refractivity contribution in [2.45, 2.75) is 117 Å². The summed E-state index contributed by atoms with van der Waals surface area (Å²) < 4.78 is 18.6. The van der Waals surface area contributed by atoms with Crippen LogP contribution in [0.2, 0.25) is 0 Å². The van der Waals surface area contributed by atoms with E-state index in [1.165, 1.54) is 89.9 Å². The summed E-state index contributed by atoms with van der Waals surface area (Å²) in [4.78, 5) is 0. The Bertz CT molecular complexity index is 497. The topological polar surface area (TPSA) is 27.7 Å². The van der Waals surface area contributed by atoms with Crippen LogP contribution >= 0.6 is 7.94 Å². The molecule has 0 heterocycles. The van der Waals surface area contributed by atoms with Crippen LogP contribution in [0.4, 0.5) is 0 Å². The van der Waals surface area contributed by atoms with Gasteiger partial charge in [-0.1, -0.05) is 116 Å². The molecule has 0 bridgehead atoms. The minimum Gasteiger partial charge on any atom is -0.287 e. The van der Waals surface area contributed by atoms with Crippen LogP contribution in [-0.4, -0.2) is 19.9 Å². The maximum Gasteiger partial charge on any atom is 0.456 e. The molecule has 0 fully saturated rings. The van der Waals surface area contributed by atoms with Crippen molar-refractivity contribution in [3.05, 3.63) is 30.3 Å². The van der Waals surface area contributed by atoms with Crippen molar-refractivity contribution in [3.8, 4) is 5.75 Å². The maximum absolute atomic E-state index is 6.35. The first-order valence-electron chi connectivity index (χ1n) is 13.1. The zero-order chi connectivity index (χ0) is 22.5. The molecule has 1 unspecified atom stereocenters. The number of rotatable bonds is 22. The third kappa shape index (κ3) is 14.9.